The first-order valence-electron chi connectivity index (χ1n) is 9.92. The molecule has 0 amide bonds. The van der Waals surface area contributed by atoms with Crippen molar-refractivity contribution >= 4 is 22.2 Å². The number of aryl methyl sites for hydroxylation is 1. The van der Waals surface area contributed by atoms with Crippen molar-refractivity contribution < 1.29 is 13.3 Å². The first-order chi connectivity index (χ1) is 13.4. The highest BCUT2D eigenvalue weighted by Gasteiger charge is 2.30. The molecule has 7 nitrogen and oxygen atoms in total. The third-order valence-corrected chi connectivity index (χ3v) is 8.00. The zero-order valence-electron chi connectivity index (χ0n) is 16.8. The zero-order valence-corrected chi connectivity index (χ0v) is 18.5. The second-order valence-electron chi connectivity index (χ2n) is 7.39. The lowest BCUT2D eigenvalue weighted by atomic mass is 9.99. The van der Waals surface area contributed by atoms with Gasteiger partial charge < -0.3 is 9.47 Å². The Hall–Kier alpha value is -1.55. The smallest absolute Gasteiger partial charge is 0.243 e. The molecule has 2 heterocycles. The summed E-state index contributed by atoms with van der Waals surface area (Å²) in [6, 6.07) is 7.36. The molecular weight excluding hydrogens is 394 g/mol. The number of hydrogen-bond donors (Lipinski definition) is 1. The van der Waals surface area contributed by atoms with Crippen molar-refractivity contribution in [1.82, 2.24) is 18.7 Å². The first-order valence-corrected chi connectivity index (χ1v) is 11.8. The van der Waals surface area contributed by atoms with E-state index in [0.29, 0.717) is 35.3 Å². The number of nitrogens with one attached hydrogen (secondary N) is 1. The normalized spacial score (nSPS) is 17.7. The minimum Gasteiger partial charge on any atom is -0.314 e. The Labute approximate surface area is 172 Å². The largest absolute Gasteiger partial charge is 0.314 e. The Morgan fingerprint density at radius 2 is 1.82 bits per heavy atom. The van der Waals surface area contributed by atoms with E-state index in [-0.39, 0.29) is 0 Å². The molecule has 1 aliphatic rings. The van der Waals surface area contributed by atoms with Gasteiger partial charge in [0.25, 0.3) is 0 Å². The first kappa shape index (κ1) is 21.2. The molecule has 1 N–H and O–H groups in total. The molecule has 3 rings (SSSR count). The van der Waals surface area contributed by atoms with Crippen LogP contribution in [0.25, 0.3) is 0 Å². The van der Waals surface area contributed by atoms with Crippen LogP contribution in [0.2, 0.25) is 0 Å². The molecule has 0 bridgehead atoms. The number of aromatic nitrogens is 3. The molecule has 0 aliphatic carbocycles. The van der Waals surface area contributed by atoms with Gasteiger partial charge in [-0.15, -0.1) is 0 Å². The van der Waals surface area contributed by atoms with Crippen LogP contribution in [0.1, 0.15) is 38.7 Å². The van der Waals surface area contributed by atoms with Crippen molar-refractivity contribution in [3.8, 4) is 0 Å². The van der Waals surface area contributed by atoms with Crippen LogP contribution in [-0.2, 0) is 23.2 Å². The molecule has 0 spiro atoms. The molecule has 1 aromatic carbocycles. The summed E-state index contributed by atoms with van der Waals surface area (Å²) in [5.41, 5.74) is 1.18. The topological polar surface area (TPSA) is 64.6 Å². The molecular formula is C19H30N5O2S2+. The fourth-order valence-corrected chi connectivity index (χ4v) is 5.19. The van der Waals surface area contributed by atoms with Crippen LogP contribution in [0.5, 0.6) is 0 Å². The van der Waals surface area contributed by atoms with Gasteiger partial charge >= 0.3 is 0 Å². The Morgan fingerprint density at radius 3 is 2.36 bits per heavy atom. The van der Waals surface area contributed by atoms with Crippen molar-refractivity contribution in [1.29, 1.82) is 0 Å². The zero-order chi connectivity index (χ0) is 20.3. The molecule has 154 valence electrons. The van der Waals surface area contributed by atoms with Gasteiger partial charge in [-0.25, -0.2) is 8.42 Å². The summed E-state index contributed by atoms with van der Waals surface area (Å²) < 4.78 is 32.0. The van der Waals surface area contributed by atoms with Crippen LogP contribution in [0.15, 0.2) is 35.5 Å². The van der Waals surface area contributed by atoms with E-state index in [0.717, 1.165) is 26.1 Å². The highest BCUT2D eigenvalue weighted by molar-refractivity contribution is 7.89. The van der Waals surface area contributed by atoms with Gasteiger partial charge in [0.2, 0.25) is 14.8 Å². The molecule has 2 aromatic rings. The number of piperazine rings is 1. The molecule has 1 atom stereocenters. The van der Waals surface area contributed by atoms with Crippen molar-refractivity contribution in [2.24, 2.45) is 0 Å². The fraction of sp³-hybridized carbons (Fsp3) is 0.579. The summed E-state index contributed by atoms with van der Waals surface area (Å²) in [5, 5.41) is 4.35. The SMILES string of the molecule is CC[C@H](C)c1ccc(S(=O)(=O)N2CC[NH+](Cn3ncn(CC)c3=S)CC2)cc1. The van der Waals surface area contributed by atoms with Crippen LogP contribution >= 0.6 is 12.2 Å². The number of nitrogens with zero attached hydrogens (tertiary/aromatic N) is 4. The van der Waals surface area contributed by atoms with Gasteiger partial charge in [-0.1, -0.05) is 26.0 Å². The van der Waals surface area contributed by atoms with Crippen molar-refractivity contribution in [3.05, 3.63) is 40.9 Å². The Balaban J connectivity index is 1.63. The summed E-state index contributed by atoms with van der Waals surface area (Å²) >= 11 is 5.42. The van der Waals surface area contributed by atoms with Gasteiger partial charge in [0.05, 0.1) is 31.1 Å². The van der Waals surface area contributed by atoms with Crippen LogP contribution in [0.3, 0.4) is 0 Å². The van der Waals surface area contributed by atoms with Crippen molar-refractivity contribution in [2.75, 3.05) is 26.2 Å². The molecule has 1 aromatic heterocycles. The van der Waals surface area contributed by atoms with Crippen molar-refractivity contribution in [3.63, 3.8) is 0 Å². The summed E-state index contributed by atoms with van der Waals surface area (Å²) in [5.74, 6) is 0.437. The lowest BCUT2D eigenvalue weighted by Crippen LogP contribution is -3.14. The van der Waals surface area contributed by atoms with Gasteiger partial charge in [0, 0.05) is 6.54 Å². The summed E-state index contributed by atoms with van der Waals surface area (Å²) in [6.07, 6.45) is 2.79. The van der Waals surface area contributed by atoms with E-state index >= 15 is 0 Å². The molecule has 1 saturated heterocycles. The monoisotopic (exact) mass is 424 g/mol. The predicted molar refractivity (Wildman–Crippen MR) is 111 cm³/mol. The summed E-state index contributed by atoms with van der Waals surface area (Å²) in [6.45, 7) is 10.3. The van der Waals surface area contributed by atoms with Gasteiger partial charge in [-0.05, 0) is 49.2 Å². The maximum Gasteiger partial charge on any atom is 0.243 e. The number of hydrogen-bond acceptors (Lipinski definition) is 4. The Morgan fingerprint density at radius 1 is 1.18 bits per heavy atom. The fourth-order valence-electron chi connectivity index (χ4n) is 3.46. The second-order valence-corrected chi connectivity index (χ2v) is 9.69. The van der Waals surface area contributed by atoms with Gasteiger partial charge in [0.1, 0.15) is 6.33 Å². The lowest BCUT2D eigenvalue weighted by molar-refractivity contribution is -0.926. The van der Waals surface area contributed by atoms with Gasteiger partial charge in [-0.3, -0.25) is 0 Å². The van der Waals surface area contributed by atoms with E-state index in [1.807, 2.05) is 28.3 Å². The molecule has 1 fully saturated rings. The average molecular weight is 425 g/mol. The number of sulfonamides is 1. The predicted octanol–water partition coefficient (Wildman–Crippen LogP) is 1.49. The van der Waals surface area contributed by atoms with Crippen molar-refractivity contribution in [2.45, 2.75) is 51.2 Å². The number of rotatable bonds is 7. The molecule has 0 radical (unpaired) electrons. The highest BCUT2D eigenvalue weighted by Crippen LogP contribution is 2.22. The minimum atomic E-state index is -3.44. The molecule has 0 saturated carbocycles. The Kier molecular flexibility index (Phi) is 6.69. The number of quaternary nitrogens is 1. The third kappa shape index (κ3) is 4.37. The van der Waals surface area contributed by atoms with Crippen LogP contribution in [0, 0.1) is 4.77 Å². The molecule has 28 heavy (non-hydrogen) atoms. The summed E-state index contributed by atoms with van der Waals surface area (Å²) in [4.78, 5) is 1.67. The maximum atomic E-state index is 13.0. The molecule has 0 unspecified atom stereocenters. The minimum absolute atomic E-state index is 0.381. The van der Waals surface area contributed by atoms with Gasteiger partial charge in [-0.2, -0.15) is 14.1 Å². The molecule has 1 aliphatic heterocycles. The number of benzene rings is 1. The van der Waals surface area contributed by atoms with Crippen LogP contribution < -0.4 is 4.90 Å². The van der Waals surface area contributed by atoms with E-state index in [1.165, 1.54) is 10.5 Å². The summed E-state index contributed by atoms with van der Waals surface area (Å²) in [7, 11) is -3.44. The van der Waals surface area contributed by atoms with E-state index in [1.54, 1.807) is 22.8 Å². The van der Waals surface area contributed by atoms with E-state index in [4.69, 9.17) is 12.2 Å². The second kappa shape index (κ2) is 8.86. The van der Waals surface area contributed by atoms with E-state index < -0.39 is 10.0 Å². The van der Waals surface area contributed by atoms with Crippen LogP contribution in [0.4, 0.5) is 0 Å². The third-order valence-electron chi connectivity index (χ3n) is 5.64. The maximum absolute atomic E-state index is 13.0. The Bertz CT molecular complexity index is 941. The van der Waals surface area contributed by atoms with Gasteiger partial charge in [0.15, 0.2) is 6.67 Å². The van der Waals surface area contributed by atoms with Crippen LogP contribution in [-0.4, -0.2) is 53.2 Å². The van der Waals surface area contributed by atoms with E-state index in [9.17, 15) is 8.42 Å². The molecule has 9 heteroatoms. The standard InChI is InChI=1S/C19H29N5O2S2/c1-4-16(3)17-6-8-18(9-7-17)28(25,26)23-12-10-21(11-13-23)15-24-19(27)22(5-2)14-20-24/h6-9,14,16H,4-5,10-13,15H2,1-3H3/p+1/t16-/m0/s1. The highest BCUT2D eigenvalue weighted by atomic mass is 32.2. The lowest BCUT2D eigenvalue weighted by Gasteiger charge is -2.31. The quantitative estimate of drug-likeness (QED) is 0.684. The van der Waals surface area contributed by atoms with E-state index in [2.05, 4.69) is 18.9 Å². The average Bonchev–Trinajstić information content (AvgIpc) is 3.07.